The number of nitrogens with zero attached hydrogens (tertiary/aromatic N) is 1. The van der Waals surface area contributed by atoms with E-state index in [9.17, 15) is 19.5 Å². The van der Waals surface area contributed by atoms with Gasteiger partial charge in [0.1, 0.15) is 23.1 Å². The molecular formula is C30H37N3O7. The molecular weight excluding hydrogens is 514 g/mol. The number of benzene rings is 2. The smallest absolute Gasteiger partial charge is 0.250 e. The first-order valence-electron chi connectivity index (χ1n) is 13.8. The number of hydrogen-bond acceptors (Lipinski definition) is 7. The van der Waals surface area contributed by atoms with Crippen molar-refractivity contribution in [3.05, 3.63) is 48.5 Å². The predicted molar refractivity (Wildman–Crippen MR) is 148 cm³/mol. The molecule has 6 atom stereocenters. The average Bonchev–Trinajstić information content (AvgIpc) is 3.58. The van der Waals surface area contributed by atoms with Crippen LogP contribution in [-0.4, -0.2) is 71.8 Å². The first-order chi connectivity index (χ1) is 19.2. The van der Waals surface area contributed by atoms with Crippen LogP contribution in [0.3, 0.4) is 0 Å². The second-order valence-corrected chi connectivity index (χ2v) is 11.0. The van der Waals surface area contributed by atoms with E-state index in [0.717, 1.165) is 0 Å². The minimum absolute atomic E-state index is 0.131. The maximum Gasteiger partial charge on any atom is 0.250 e. The van der Waals surface area contributed by atoms with Gasteiger partial charge < -0.3 is 34.9 Å². The van der Waals surface area contributed by atoms with Gasteiger partial charge in [0, 0.05) is 11.4 Å². The van der Waals surface area contributed by atoms with E-state index in [0.29, 0.717) is 42.3 Å². The topological polar surface area (TPSA) is 126 Å². The molecule has 2 aromatic carbocycles. The van der Waals surface area contributed by atoms with E-state index in [1.165, 1.54) is 4.90 Å². The highest BCUT2D eigenvalue weighted by Gasteiger charge is 2.75. The van der Waals surface area contributed by atoms with E-state index in [2.05, 4.69) is 10.6 Å². The molecule has 0 saturated carbocycles. The van der Waals surface area contributed by atoms with Gasteiger partial charge in [-0.05, 0) is 74.2 Å². The minimum atomic E-state index is -1.17. The highest BCUT2D eigenvalue weighted by Crippen LogP contribution is 2.59. The fourth-order valence-corrected chi connectivity index (χ4v) is 6.58. The number of aliphatic hydroxyl groups is 1. The number of carbonyl (C=O) groups excluding carboxylic acids is 3. The molecule has 3 saturated heterocycles. The molecule has 0 radical (unpaired) electrons. The van der Waals surface area contributed by atoms with Gasteiger partial charge in [0.2, 0.25) is 17.7 Å². The molecule has 3 aliphatic heterocycles. The number of anilines is 2. The Morgan fingerprint density at radius 1 is 1.05 bits per heavy atom. The highest BCUT2D eigenvalue weighted by atomic mass is 16.5. The summed E-state index contributed by atoms with van der Waals surface area (Å²) in [6.45, 7) is 5.91. The fourth-order valence-electron chi connectivity index (χ4n) is 6.58. The summed E-state index contributed by atoms with van der Waals surface area (Å²) in [5.41, 5.74) is -0.0428. The average molecular weight is 552 g/mol. The molecule has 0 aromatic heterocycles. The Labute approximate surface area is 234 Å². The molecule has 2 unspecified atom stereocenters. The largest absolute Gasteiger partial charge is 0.497 e. The van der Waals surface area contributed by atoms with E-state index in [4.69, 9.17) is 14.2 Å². The van der Waals surface area contributed by atoms with Crippen LogP contribution in [0.1, 0.15) is 33.6 Å². The van der Waals surface area contributed by atoms with Crippen molar-refractivity contribution in [1.82, 2.24) is 4.90 Å². The lowest BCUT2D eigenvalue weighted by Crippen LogP contribution is -2.57. The van der Waals surface area contributed by atoms with E-state index in [1.54, 1.807) is 55.6 Å². The summed E-state index contributed by atoms with van der Waals surface area (Å²) in [7, 11) is 1.56. The standard InChI is InChI=1S/C30H37N3O7/c1-5-39-21-12-8-18(9-13-21)31-27(35)24-23-14-15-30(40-23)25(24)29(37)33(22(16-34)17(2)3)26(30)28(36)32-19-6-10-20(38-4)11-7-19/h6-13,17,22-26,34H,5,14-16H2,1-4H3,(H,31,35)(H,32,36)/t22-,23-,24+,25-,26?,30?/m0/s1. The summed E-state index contributed by atoms with van der Waals surface area (Å²) >= 11 is 0. The van der Waals surface area contributed by atoms with E-state index in [-0.39, 0.29) is 24.3 Å². The SMILES string of the molecule is CCOc1ccc(NC(=O)[C@@H]2[C@@H]3CCC4(O3)C(C(=O)Nc3ccc(OC)cc3)N([C@@H](CO)C(C)C)C(=O)[C@H]24)cc1. The molecule has 1 spiro atoms. The first kappa shape index (κ1) is 27.9. The zero-order valence-electron chi connectivity index (χ0n) is 23.3. The van der Waals surface area contributed by atoms with Gasteiger partial charge in [0.05, 0.1) is 44.3 Å². The summed E-state index contributed by atoms with van der Waals surface area (Å²) in [5.74, 6) is -1.46. The predicted octanol–water partition coefficient (Wildman–Crippen LogP) is 3.06. The van der Waals surface area contributed by atoms with Crippen molar-refractivity contribution in [3.63, 3.8) is 0 Å². The lowest BCUT2D eigenvalue weighted by molar-refractivity contribution is -0.144. The fraction of sp³-hybridized carbons (Fsp3) is 0.500. The van der Waals surface area contributed by atoms with Gasteiger partial charge in [-0.15, -0.1) is 0 Å². The van der Waals surface area contributed by atoms with Gasteiger partial charge in [-0.25, -0.2) is 0 Å². The normalized spacial score (nSPS) is 27.4. The molecule has 3 heterocycles. The van der Waals surface area contributed by atoms with E-state index in [1.807, 2.05) is 20.8 Å². The summed E-state index contributed by atoms with van der Waals surface area (Å²) in [6, 6.07) is 12.3. The maximum absolute atomic E-state index is 14.2. The summed E-state index contributed by atoms with van der Waals surface area (Å²) < 4.78 is 17.2. The summed E-state index contributed by atoms with van der Waals surface area (Å²) in [5, 5.41) is 16.2. The van der Waals surface area contributed by atoms with Crippen LogP contribution in [-0.2, 0) is 19.1 Å². The third kappa shape index (κ3) is 4.69. The molecule has 214 valence electrons. The number of nitrogens with one attached hydrogen (secondary N) is 2. The van der Waals surface area contributed by atoms with Crippen molar-refractivity contribution in [2.45, 2.75) is 57.4 Å². The zero-order chi connectivity index (χ0) is 28.6. The van der Waals surface area contributed by atoms with Gasteiger partial charge in [0.15, 0.2) is 0 Å². The van der Waals surface area contributed by atoms with E-state index < -0.39 is 41.5 Å². The van der Waals surface area contributed by atoms with Gasteiger partial charge in [-0.1, -0.05) is 13.8 Å². The molecule has 3 N–H and O–H groups in total. The van der Waals surface area contributed by atoms with E-state index >= 15 is 0 Å². The van der Waals surface area contributed by atoms with Crippen LogP contribution in [0.5, 0.6) is 11.5 Å². The summed E-state index contributed by atoms with van der Waals surface area (Å²) in [6.07, 6.45) is 0.534. The van der Waals surface area contributed by atoms with Crippen LogP contribution in [0.25, 0.3) is 0 Å². The molecule has 3 aliphatic rings. The molecule has 5 rings (SSSR count). The number of hydrogen-bond donors (Lipinski definition) is 3. The van der Waals surface area contributed by atoms with Gasteiger partial charge in [-0.2, -0.15) is 0 Å². The molecule has 2 aromatic rings. The molecule has 10 heteroatoms. The van der Waals surface area contributed by atoms with Crippen molar-refractivity contribution >= 4 is 29.1 Å². The number of likely N-dealkylation sites (tertiary alicyclic amines) is 1. The zero-order valence-corrected chi connectivity index (χ0v) is 23.3. The highest BCUT2D eigenvalue weighted by molar-refractivity contribution is 6.05. The Kier molecular flexibility index (Phi) is 7.74. The van der Waals surface area contributed by atoms with Gasteiger partial charge in [-0.3, -0.25) is 14.4 Å². The third-order valence-corrected chi connectivity index (χ3v) is 8.39. The molecule has 10 nitrogen and oxygen atoms in total. The second kappa shape index (κ2) is 11.1. The van der Waals surface area contributed by atoms with Crippen molar-refractivity contribution in [3.8, 4) is 11.5 Å². The van der Waals surface area contributed by atoms with Crippen LogP contribution in [0.4, 0.5) is 11.4 Å². The van der Waals surface area contributed by atoms with Crippen molar-refractivity contribution in [2.24, 2.45) is 17.8 Å². The lowest BCUT2D eigenvalue weighted by atomic mass is 9.70. The van der Waals surface area contributed by atoms with Crippen LogP contribution in [0, 0.1) is 17.8 Å². The maximum atomic E-state index is 14.2. The molecule has 3 fully saturated rings. The number of aliphatic hydroxyl groups excluding tert-OH is 1. The van der Waals surface area contributed by atoms with Crippen molar-refractivity contribution < 1.29 is 33.7 Å². The van der Waals surface area contributed by atoms with Crippen molar-refractivity contribution in [1.29, 1.82) is 0 Å². The number of amides is 3. The number of fused-ring (bicyclic) bond motifs is 1. The Morgan fingerprint density at radius 2 is 1.65 bits per heavy atom. The third-order valence-electron chi connectivity index (χ3n) is 8.39. The minimum Gasteiger partial charge on any atom is -0.497 e. The lowest BCUT2D eigenvalue weighted by Gasteiger charge is -2.38. The number of ether oxygens (including phenoxy) is 3. The number of methoxy groups -OCH3 is 1. The van der Waals surface area contributed by atoms with Gasteiger partial charge in [0.25, 0.3) is 0 Å². The Morgan fingerprint density at radius 3 is 2.20 bits per heavy atom. The van der Waals surface area contributed by atoms with Gasteiger partial charge >= 0.3 is 0 Å². The molecule has 40 heavy (non-hydrogen) atoms. The summed E-state index contributed by atoms with van der Waals surface area (Å²) in [4.78, 5) is 43.2. The number of rotatable bonds is 10. The number of carbonyl (C=O) groups is 3. The van der Waals surface area contributed by atoms with Crippen LogP contribution in [0.15, 0.2) is 48.5 Å². The molecule has 0 aliphatic carbocycles. The first-order valence-corrected chi connectivity index (χ1v) is 13.8. The van der Waals surface area contributed by atoms with Crippen molar-refractivity contribution in [2.75, 3.05) is 31.0 Å². The Hall–Kier alpha value is -3.63. The quantitative estimate of drug-likeness (QED) is 0.414. The monoisotopic (exact) mass is 551 g/mol. The van der Waals surface area contributed by atoms with Crippen LogP contribution < -0.4 is 20.1 Å². The Bertz CT molecular complexity index is 1250. The molecule has 3 amide bonds. The van der Waals surface area contributed by atoms with Crippen LogP contribution >= 0.6 is 0 Å². The van der Waals surface area contributed by atoms with Crippen LogP contribution in [0.2, 0.25) is 0 Å². The Balaban J connectivity index is 1.45. The molecule has 2 bridgehead atoms. The second-order valence-electron chi connectivity index (χ2n) is 11.0.